The first-order chi connectivity index (χ1) is 29.4. The Bertz CT molecular complexity index is 2210. The number of anilines is 7. The maximum Gasteiger partial charge on any atom is 0.421 e. The third kappa shape index (κ3) is 10.7. The number of rotatable bonds is 13. The van der Waals surface area contributed by atoms with Crippen molar-refractivity contribution in [1.82, 2.24) is 25.1 Å². The van der Waals surface area contributed by atoms with Gasteiger partial charge in [-0.1, -0.05) is 37.3 Å². The number of hydrogen-bond donors (Lipinski definition) is 5. The van der Waals surface area contributed by atoms with Gasteiger partial charge in [-0.05, 0) is 74.2 Å². The Morgan fingerprint density at radius 2 is 1.61 bits per heavy atom. The average Bonchev–Trinajstić information content (AvgIpc) is 3.25. The van der Waals surface area contributed by atoms with Crippen LogP contribution in [0.2, 0.25) is 0 Å². The molecule has 3 aliphatic rings. The molecule has 15 nitrogen and oxygen atoms in total. The van der Waals surface area contributed by atoms with Crippen molar-refractivity contribution >= 4 is 63.8 Å². The minimum Gasteiger partial charge on any atom is -0.494 e. The van der Waals surface area contributed by atoms with Crippen LogP contribution >= 0.6 is 0 Å². The van der Waals surface area contributed by atoms with Crippen LogP contribution in [0.3, 0.4) is 0 Å². The van der Waals surface area contributed by atoms with Crippen LogP contribution in [-0.2, 0) is 25.4 Å². The van der Waals surface area contributed by atoms with Gasteiger partial charge < -0.3 is 35.8 Å². The van der Waals surface area contributed by atoms with Gasteiger partial charge in [0.05, 0.1) is 30.7 Å². The van der Waals surface area contributed by atoms with Crippen LogP contribution in [0.5, 0.6) is 5.75 Å². The number of hydrogen-bond acceptors (Lipinski definition) is 12. The summed E-state index contributed by atoms with van der Waals surface area (Å²) in [6.07, 6.45) is -1.19. The Hall–Kier alpha value is -6.43. The molecule has 1 atom stereocenters. The number of piperidine rings is 2. The molecule has 5 N–H and O–H groups in total. The third-order valence-electron chi connectivity index (χ3n) is 11.2. The molecule has 4 aromatic rings. The maximum absolute atomic E-state index is 13.9. The standard InChI is InChI=1S/C43H49F3N10O5/c1-3-37(57)50-33-23-34(51-42-47-25-31(43(44,45)46)40(53-42)49-29-7-5-4-6-8-29)36(61-2)24-35(33)55-19-21-56(22-20-55)39(59)26-54-17-15-28(16-18-54)27-9-11-30(12-10-27)48-32-13-14-38(58)52-41(32)60/h4-12,23-25,28,32,48H,3,13-22,26H2,1-2H3,(H,50,57)(H,52,58,60)(H2,47,49,51,53). The number of ether oxygens (including phenoxy) is 1. The quantitative estimate of drug-likeness (QED) is 0.0984. The Labute approximate surface area is 351 Å². The Morgan fingerprint density at radius 1 is 0.885 bits per heavy atom. The van der Waals surface area contributed by atoms with Gasteiger partial charge in [0.1, 0.15) is 23.2 Å². The molecule has 61 heavy (non-hydrogen) atoms. The molecule has 1 unspecified atom stereocenters. The monoisotopic (exact) mass is 842 g/mol. The van der Waals surface area contributed by atoms with E-state index in [4.69, 9.17) is 4.74 Å². The summed E-state index contributed by atoms with van der Waals surface area (Å²) < 4.78 is 47.5. The van der Waals surface area contributed by atoms with E-state index < -0.39 is 23.6 Å². The van der Waals surface area contributed by atoms with Crippen molar-refractivity contribution in [1.29, 1.82) is 0 Å². The summed E-state index contributed by atoms with van der Waals surface area (Å²) in [5.74, 6) is -0.604. The van der Waals surface area contributed by atoms with Gasteiger partial charge in [0.25, 0.3) is 0 Å². The Morgan fingerprint density at radius 3 is 2.26 bits per heavy atom. The molecule has 0 radical (unpaired) electrons. The minimum atomic E-state index is -4.71. The molecule has 7 rings (SSSR count). The number of carbonyl (C=O) groups excluding carboxylic acids is 4. The molecule has 3 saturated heterocycles. The van der Waals surface area contributed by atoms with E-state index in [9.17, 15) is 32.3 Å². The summed E-state index contributed by atoms with van der Waals surface area (Å²) in [5.41, 5.74) is 2.85. The highest BCUT2D eigenvalue weighted by Gasteiger charge is 2.36. The van der Waals surface area contributed by atoms with Gasteiger partial charge in [-0.2, -0.15) is 18.2 Å². The molecule has 3 fully saturated rings. The number of amides is 4. The van der Waals surface area contributed by atoms with Crippen molar-refractivity contribution in [2.75, 3.05) is 79.1 Å². The molecule has 0 spiro atoms. The van der Waals surface area contributed by atoms with Crippen molar-refractivity contribution in [2.24, 2.45) is 0 Å². The number of alkyl halides is 3. The van der Waals surface area contributed by atoms with Crippen LogP contribution in [0, 0.1) is 0 Å². The predicted octanol–water partition coefficient (Wildman–Crippen LogP) is 6.09. The van der Waals surface area contributed by atoms with Gasteiger partial charge in [-0.25, -0.2) is 4.98 Å². The van der Waals surface area contributed by atoms with Crippen molar-refractivity contribution in [3.63, 3.8) is 0 Å². The molecule has 3 aliphatic heterocycles. The second-order valence-electron chi connectivity index (χ2n) is 15.2. The number of nitrogens with one attached hydrogen (secondary N) is 5. The largest absolute Gasteiger partial charge is 0.494 e. The second-order valence-corrected chi connectivity index (χ2v) is 15.2. The summed E-state index contributed by atoms with van der Waals surface area (Å²) in [4.78, 5) is 64.1. The van der Waals surface area contributed by atoms with Gasteiger partial charge in [0.2, 0.25) is 29.6 Å². The molecule has 0 bridgehead atoms. The molecule has 1 aromatic heterocycles. The molecular weight excluding hydrogens is 794 g/mol. The number of likely N-dealkylation sites (tertiary alicyclic amines) is 1. The number of aromatic nitrogens is 2. The van der Waals surface area contributed by atoms with Gasteiger partial charge in [-0.3, -0.25) is 29.4 Å². The lowest BCUT2D eigenvalue weighted by molar-refractivity contribution is -0.137. The zero-order chi connectivity index (χ0) is 43.1. The van der Waals surface area contributed by atoms with Gasteiger partial charge in [0, 0.05) is 62.7 Å². The molecule has 4 amide bonds. The summed E-state index contributed by atoms with van der Waals surface area (Å²) in [7, 11) is 1.46. The van der Waals surface area contributed by atoms with E-state index in [-0.39, 0.29) is 36.0 Å². The van der Waals surface area contributed by atoms with E-state index in [1.165, 1.54) is 12.7 Å². The number of nitrogens with zero attached hydrogens (tertiary/aromatic N) is 5. The van der Waals surface area contributed by atoms with Crippen molar-refractivity contribution in [2.45, 2.75) is 57.2 Å². The van der Waals surface area contributed by atoms with Crippen molar-refractivity contribution in [3.05, 3.63) is 84.1 Å². The summed E-state index contributed by atoms with van der Waals surface area (Å²) in [6, 6.07) is 19.4. The van der Waals surface area contributed by atoms with Crippen LogP contribution in [0.25, 0.3) is 0 Å². The smallest absolute Gasteiger partial charge is 0.421 e. The van der Waals surface area contributed by atoms with E-state index in [1.54, 1.807) is 49.4 Å². The lowest BCUT2D eigenvalue weighted by Gasteiger charge is -2.39. The number of para-hydroxylation sites is 1. The summed E-state index contributed by atoms with van der Waals surface area (Å²) in [6.45, 7) is 5.54. The zero-order valence-electron chi connectivity index (χ0n) is 34.0. The predicted molar refractivity (Wildman–Crippen MR) is 225 cm³/mol. The fraction of sp³-hybridized carbons (Fsp3) is 0.395. The first kappa shape index (κ1) is 42.7. The van der Waals surface area contributed by atoms with E-state index in [1.807, 2.05) is 17.0 Å². The number of carbonyl (C=O) groups is 4. The lowest BCUT2D eigenvalue weighted by Crippen LogP contribution is -2.52. The van der Waals surface area contributed by atoms with Crippen LogP contribution in [0.1, 0.15) is 56.1 Å². The first-order valence-corrected chi connectivity index (χ1v) is 20.4. The minimum absolute atomic E-state index is 0.0521. The first-order valence-electron chi connectivity index (χ1n) is 20.4. The lowest BCUT2D eigenvalue weighted by atomic mass is 9.89. The number of piperazine rings is 1. The van der Waals surface area contributed by atoms with Gasteiger partial charge in [-0.15, -0.1) is 0 Å². The fourth-order valence-corrected chi connectivity index (χ4v) is 7.76. The molecule has 322 valence electrons. The normalized spacial score (nSPS) is 17.7. The highest BCUT2D eigenvalue weighted by Crippen LogP contribution is 2.40. The van der Waals surface area contributed by atoms with Crippen molar-refractivity contribution in [3.8, 4) is 5.75 Å². The topological polar surface area (TPSA) is 173 Å². The van der Waals surface area contributed by atoms with E-state index in [0.29, 0.717) is 86.2 Å². The number of benzene rings is 3. The summed E-state index contributed by atoms with van der Waals surface area (Å²) >= 11 is 0. The summed E-state index contributed by atoms with van der Waals surface area (Å²) in [5, 5.41) is 14.2. The van der Waals surface area contributed by atoms with Crippen LogP contribution in [-0.4, -0.2) is 102 Å². The third-order valence-corrected chi connectivity index (χ3v) is 11.2. The van der Waals surface area contributed by atoms with Gasteiger partial charge >= 0.3 is 6.18 Å². The maximum atomic E-state index is 13.9. The molecule has 0 saturated carbocycles. The van der Waals surface area contributed by atoms with E-state index in [0.717, 1.165) is 31.6 Å². The van der Waals surface area contributed by atoms with E-state index >= 15 is 0 Å². The second kappa shape index (κ2) is 18.9. The van der Waals surface area contributed by atoms with Crippen LogP contribution in [0.15, 0.2) is 72.9 Å². The molecule has 0 aliphatic carbocycles. The van der Waals surface area contributed by atoms with E-state index in [2.05, 4.69) is 58.5 Å². The SMILES string of the molecule is CCC(=O)Nc1cc(Nc2ncc(C(F)(F)F)c(Nc3ccccc3)n2)c(OC)cc1N1CCN(C(=O)CN2CCC(c3ccc(NC4CCC(=O)NC4=O)cc3)CC2)CC1. The number of halogens is 3. The number of imide groups is 1. The number of methoxy groups -OCH3 is 1. The fourth-order valence-electron chi connectivity index (χ4n) is 7.76. The molecule has 4 heterocycles. The highest BCUT2D eigenvalue weighted by atomic mass is 19.4. The Kier molecular flexibility index (Phi) is 13.2. The zero-order valence-corrected chi connectivity index (χ0v) is 34.0. The Balaban J connectivity index is 0.958. The highest BCUT2D eigenvalue weighted by molar-refractivity contribution is 6.01. The van der Waals surface area contributed by atoms with Crippen LogP contribution < -0.4 is 36.2 Å². The molecule has 3 aromatic carbocycles. The average molecular weight is 843 g/mol. The molecule has 18 heteroatoms. The van der Waals surface area contributed by atoms with Gasteiger partial charge in [0.15, 0.2) is 0 Å². The molecular formula is C43H49F3N10O5. The van der Waals surface area contributed by atoms with Crippen molar-refractivity contribution < 1.29 is 37.1 Å². The van der Waals surface area contributed by atoms with Crippen LogP contribution in [0.4, 0.5) is 53.4 Å².